The summed E-state index contributed by atoms with van der Waals surface area (Å²) < 4.78 is 2.74. The van der Waals surface area contributed by atoms with Crippen LogP contribution in [0.3, 0.4) is 0 Å². The molecule has 0 amide bonds. The quantitative estimate of drug-likeness (QED) is 0.781. The van der Waals surface area contributed by atoms with Gasteiger partial charge in [0.05, 0.1) is 5.69 Å². The van der Waals surface area contributed by atoms with E-state index in [2.05, 4.69) is 31.5 Å². The van der Waals surface area contributed by atoms with Crippen molar-refractivity contribution in [3.8, 4) is 5.69 Å². The lowest BCUT2D eigenvalue weighted by atomic mass is 10.2. The van der Waals surface area contributed by atoms with Crippen LogP contribution in [0.2, 0.25) is 0 Å². The summed E-state index contributed by atoms with van der Waals surface area (Å²) in [4.78, 5) is 0. The topological polar surface area (TPSA) is 43.6 Å². The number of tetrazole rings is 1. The highest BCUT2D eigenvalue weighted by molar-refractivity contribution is 9.10. The third-order valence-electron chi connectivity index (χ3n) is 2.02. The Kier molecular flexibility index (Phi) is 2.33. The molecule has 1 aromatic carbocycles. The molecule has 1 aromatic heterocycles. The molecule has 0 aliphatic heterocycles. The Hall–Kier alpha value is -1.23. The molecule has 0 aliphatic carbocycles. The fourth-order valence-corrected chi connectivity index (χ4v) is 1.61. The van der Waals surface area contributed by atoms with Crippen LogP contribution in [0.25, 0.3) is 5.69 Å². The second-order valence-electron chi connectivity index (χ2n) is 3.07. The maximum absolute atomic E-state index is 3.92. The monoisotopic (exact) mass is 252 g/mol. The number of nitrogens with zero attached hydrogens (tertiary/aromatic N) is 4. The van der Waals surface area contributed by atoms with Crippen LogP contribution < -0.4 is 0 Å². The van der Waals surface area contributed by atoms with E-state index in [4.69, 9.17) is 0 Å². The van der Waals surface area contributed by atoms with Gasteiger partial charge in [-0.05, 0) is 42.0 Å². The van der Waals surface area contributed by atoms with Crippen molar-refractivity contribution in [1.82, 2.24) is 20.2 Å². The maximum Gasteiger partial charge on any atom is 0.153 e. The molecule has 0 bridgehead atoms. The van der Waals surface area contributed by atoms with Gasteiger partial charge < -0.3 is 0 Å². The van der Waals surface area contributed by atoms with Crippen LogP contribution in [0.15, 0.2) is 22.7 Å². The van der Waals surface area contributed by atoms with Crippen molar-refractivity contribution in [3.05, 3.63) is 34.1 Å². The number of benzene rings is 1. The van der Waals surface area contributed by atoms with Gasteiger partial charge in [0.1, 0.15) is 0 Å². The van der Waals surface area contributed by atoms with E-state index in [0.29, 0.717) is 0 Å². The molecule has 0 aliphatic rings. The lowest BCUT2D eigenvalue weighted by molar-refractivity contribution is 0.775. The van der Waals surface area contributed by atoms with Crippen LogP contribution in [-0.2, 0) is 0 Å². The molecule has 0 fully saturated rings. The zero-order valence-electron chi connectivity index (χ0n) is 7.90. The predicted molar refractivity (Wildman–Crippen MR) is 56.3 cm³/mol. The lowest BCUT2D eigenvalue weighted by Crippen LogP contribution is -2.01. The summed E-state index contributed by atoms with van der Waals surface area (Å²) in [6.07, 6.45) is 0. The summed E-state index contributed by atoms with van der Waals surface area (Å²) in [5, 5.41) is 11.4. The first kappa shape index (κ1) is 9.33. The van der Waals surface area contributed by atoms with Crippen molar-refractivity contribution in [1.29, 1.82) is 0 Å². The highest BCUT2D eigenvalue weighted by atomic mass is 79.9. The summed E-state index contributed by atoms with van der Waals surface area (Å²) in [6.45, 7) is 3.91. The molecule has 4 nitrogen and oxygen atoms in total. The first-order valence-electron chi connectivity index (χ1n) is 4.20. The third kappa shape index (κ3) is 1.55. The molecule has 0 saturated carbocycles. The van der Waals surface area contributed by atoms with Gasteiger partial charge in [-0.15, -0.1) is 5.10 Å². The molecule has 2 rings (SSSR count). The van der Waals surface area contributed by atoms with E-state index in [1.165, 1.54) is 0 Å². The third-order valence-corrected chi connectivity index (χ3v) is 2.52. The molecule has 5 heteroatoms. The SMILES string of the molecule is Cc1ccc(Br)cc1-n1nnnc1C. The van der Waals surface area contributed by atoms with E-state index in [-0.39, 0.29) is 0 Å². The number of aromatic nitrogens is 4. The minimum absolute atomic E-state index is 0.784. The molecular weight excluding hydrogens is 244 g/mol. The van der Waals surface area contributed by atoms with Crippen molar-refractivity contribution in [2.45, 2.75) is 13.8 Å². The maximum atomic E-state index is 3.92. The summed E-state index contributed by atoms with van der Waals surface area (Å²) in [5.74, 6) is 0.784. The Morgan fingerprint density at radius 1 is 1.29 bits per heavy atom. The van der Waals surface area contributed by atoms with Gasteiger partial charge in [-0.1, -0.05) is 22.0 Å². The Morgan fingerprint density at radius 2 is 2.07 bits per heavy atom. The Bertz CT molecular complexity index is 464. The van der Waals surface area contributed by atoms with Crippen LogP contribution in [0.1, 0.15) is 11.4 Å². The summed E-state index contributed by atoms with van der Waals surface area (Å²) >= 11 is 3.42. The van der Waals surface area contributed by atoms with Crippen molar-refractivity contribution in [3.63, 3.8) is 0 Å². The molecule has 0 unspecified atom stereocenters. The minimum atomic E-state index is 0.784. The second-order valence-corrected chi connectivity index (χ2v) is 3.98. The first-order chi connectivity index (χ1) is 6.68. The average molecular weight is 253 g/mol. The molecule has 0 N–H and O–H groups in total. The van der Waals surface area contributed by atoms with E-state index in [9.17, 15) is 0 Å². The predicted octanol–water partition coefficient (Wildman–Crippen LogP) is 2.04. The number of hydrogen-bond acceptors (Lipinski definition) is 3. The largest absolute Gasteiger partial charge is 0.197 e. The fraction of sp³-hybridized carbons (Fsp3) is 0.222. The lowest BCUT2D eigenvalue weighted by Gasteiger charge is -2.05. The fourth-order valence-electron chi connectivity index (χ4n) is 1.27. The number of halogens is 1. The molecule has 0 saturated heterocycles. The molecule has 2 aromatic rings. The minimum Gasteiger partial charge on any atom is -0.197 e. The van der Waals surface area contributed by atoms with E-state index < -0.39 is 0 Å². The van der Waals surface area contributed by atoms with Gasteiger partial charge in [0.25, 0.3) is 0 Å². The van der Waals surface area contributed by atoms with Crippen LogP contribution in [0.5, 0.6) is 0 Å². The average Bonchev–Trinajstić information content (AvgIpc) is 2.56. The van der Waals surface area contributed by atoms with Gasteiger partial charge in [0.15, 0.2) is 5.82 Å². The van der Waals surface area contributed by atoms with E-state index in [1.807, 2.05) is 32.0 Å². The molecule has 1 heterocycles. The molecule has 0 radical (unpaired) electrons. The van der Waals surface area contributed by atoms with E-state index in [0.717, 1.165) is 21.5 Å². The van der Waals surface area contributed by atoms with E-state index >= 15 is 0 Å². The highest BCUT2D eigenvalue weighted by Crippen LogP contribution is 2.19. The number of rotatable bonds is 1. The molecule has 0 spiro atoms. The van der Waals surface area contributed by atoms with Crippen LogP contribution >= 0.6 is 15.9 Å². The smallest absolute Gasteiger partial charge is 0.153 e. The van der Waals surface area contributed by atoms with Gasteiger partial charge >= 0.3 is 0 Å². The summed E-state index contributed by atoms with van der Waals surface area (Å²) in [5.41, 5.74) is 2.14. The normalized spacial score (nSPS) is 10.5. The van der Waals surface area contributed by atoms with Crippen molar-refractivity contribution in [2.75, 3.05) is 0 Å². The van der Waals surface area contributed by atoms with Crippen LogP contribution in [-0.4, -0.2) is 20.2 Å². The Labute approximate surface area is 90.1 Å². The standard InChI is InChI=1S/C9H9BrN4/c1-6-3-4-8(10)5-9(6)14-7(2)11-12-13-14/h3-5H,1-2H3. The van der Waals surface area contributed by atoms with Crippen molar-refractivity contribution < 1.29 is 0 Å². The van der Waals surface area contributed by atoms with Crippen molar-refractivity contribution in [2.24, 2.45) is 0 Å². The van der Waals surface area contributed by atoms with Crippen LogP contribution in [0, 0.1) is 13.8 Å². The van der Waals surface area contributed by atoms with Gasteiger partial charge in [-0.2, -0.15) is 4.68 Å². The zero-order chi connectivity index (χ0) is 10.1. The molecule has 14 heavy (non-hydrogen) atoms. The summed E-state index contributed by atoms with van der Waals surface area (Å²) in [6, 6.07) is 6.03. The molecular formula is C9H9BrN4. The number of aryl methyl sites for hydroxylation is 2. The first-order valence-corrected chi connectivity index (χ1v) is 4.99. The van der Waals surface area contributed by atoms with Gasteiger partial charge in [0.2, 0.25) is 0 Å². The molecule has 72 valence electrons. The molecule has 0 atom stereocenters. The van der Waals surface area contributed by atoms with Gasteiger partial charge in [-0.25, -0.2) is 0 Å². The summed E-state index contributed by atoms with van der Waals surface area (Å²) in [7, 11) is 0. The second kappa shape index (κ2) is 3.49. The van der Waals surface area contributed by atoms with Crippen LogP contribution in [0.4, 0.5) is 0 Å². The highest BCUT2D eigenvalue weighted by Gasteiger charge is 2.06. The Morgan fingerprint density at radius 3 is 2.71 bits per heavy atom. The zero-order valence-corrected chi connectivity index (χ0v) is 9.48. The number of hydrogen-bond donors (Lipinski definition) is 0. The van der Waals surface area contributed by atoms with Crippen molar-refractivity contribution >= 4 is 15.9 Å². The van der Waals surface area contributed by atoms with Gasteiger partial charge in [0, 0.05) is 4.47 Å². The Balaban J connectivity index is 2.62. The van der Waals surface area contributed by atoms with Gasteiger partial charge in [-0.3, -0.25) is 0 Å². The van der Waals surface area contributed by atoms with E-state index in [1.54, 1.807) is 4.68 Å².